The largest absolute Gasteiger partial charge is 0.358 e. The molecular weight excluding hydrogens is 316 g/mol. The summed E-state index contributed by atoms with van der Waals surface area (Å²) in [6.07, 6.45) is 1.20. The fourth-order valence-electron chi connectivity index (χ4n) is 1.93. The third-order valence-electron chi connectivity index (χ3n) is 3.08. The summed E-state index contributed by atoms with van der Waals surface area (Å²) < 4.78 is 22.8. The van der Waals surface area contributed by atoms with E-state index in [9.17, 15) is 8.42 Å². The number of rotatable bonds is 4. The van der Waals surface area contributed by atoms with Crippen molar-refractivity contribution in [1.29, 1.82) is 0 Å². The van der Waals surface area contributed by atoms with Crippen LogP contribution in [-0.4, -0.2) is 19.8 Å². The lowest BCUT2D eigenvalue weighted by molar-refractivity contribution is 0.602. The maximum absolute atomic E-state index is 11.4. The van der Waals surface area contributed by atoms with E-state index >= 15 is 0 Å². The highest BCUT2D eigenvalue weighted by molar-refractivity contribution is 7.90. The lowest BCUT2D eigenvalue weighted by atomic mass is 10.2. The smallest absolute Gasteiger partial charge is 0.175 e. The van der Waals surface area contributed by atoms with Crippen LogP contribution in [0.4, 0.5) is 5.69 Å². The maximum atomic E-state index is 11.4. The molecule has 2 aromatic carbocycles. The normalized spacial score (nSPS) is 11.0. The SMILES string of the molecule is Cc1cccc(NC(=S)NCc2ccc(S(C)(=O)=O)cc2)c1. The van der Waals surface area contributed by atoms with E-state index in [1.807, 2.05) is 31.2 Å². The molecular formula is C16H18N2O2S2. The van der Waals surface area contributed by atoms with E-state index in [0.717, 1.165) is 16.8 Å². The average Bonchev–Trinajstić information content (AvgIpc) is 2.45. The van der Waals surface area contributed by atoms with Crippen molar-refractivity contribution in [3.05, 3.63) is 59.7 Å². The molecule has 0 saturated heterocycles. The van der Waals surface area contributed by atoms with Crippen molar-refractivity contribution < 1.29 is 8.42 Å². The summed E-state index contributed by atoms with van der Waals surface area (Å²) in [5.74, 6) is 0. The number of sulfone groups is 1. The van der Waals surface area contributed by atoms with Crippen LogP contribution in [0.5, 0.6) is 0 Å². The summed E-state index contributed by atoms with van der Waals surface area (Å²) in [5.41, 5.74) is 3.05. The van der Waals surface area contributed by atoms with Gasteiger partial charge in [0, 0.05) is 18.5 Å². The molecule has 4 nitrogen and oxygen atoms in total. The fraction of sp³-hybridized carbons (Fsp3) is 0.188. The van der Waals surface area contributed by atoms with Crippen LogP contribution in [0.25, 0.3) is 0 Å². The molecule has 0 saturated carbocycles. The summed E-state index contributed by atoms with van der Waals surface area (Å²) in [5, 5.41) is 6.73. The zero-order valence-corrected chi connectivity index (χ0v) is 14.1. The maximum Gasteiger partial charge on any atom is 0.175 e. The lowest BCUT2D eigenvalue weighted by Gasteiger charge is -2.11. The molecule has 2 rings (SSSR count). The van der Waals surface area contributed by atoms with Crippen LogP contribution in [0.3, 0.4) is 0 Å². The van der Waals surface area contributed by atoms with E-state index in [4.69, 9.17) is 12.2 Å². The van der Waals surface area contributed by atoms with E-state index in [-0.39, 0.29) is 0 Å². The van der Waals surface area contributed by atoms with E-state index in [0.29, 0.717) is 16.6 Å². The van der Waals surface area contributed by atoms with Crippen molar-refractivity contribution in [3.8, 4) is 0 Å². The van der Waals surface area contributed by atoms with Gasteiger partial charge in [-0.05, 0) is 54.5 Å². The zero-order valence-electron chi connectivity index (χ0n) is 12.5. The standard InChI is InChI=1S/C16H18N2O2S2/c1-12-4-3-5-14(10-12)18-16(21)17-11-13-6-8-15(9-7-13)22(2,19)20/h3-10H,11H2,1-2H3,(H2,17,18,21). The fourth-order valence-corrected chi connectivity index (χ4v) is 2.76. The van der Waals surface area contributed by atoms with Gasteiger partial charge in [0.05, 0.1) is 4.90 Å². The molecule has 0 aliphatic rings. The second-order valence-electron chi connectivity index (χ2n) is 5.09. The van der Waals surface area contributed by atoms with Gasteiger partial charge in [-0.3, -0.25) is 0 Å². The number of nitrogens with one attached hydrogen (secondary N) is 2. The molecule has 116 valence electrons. The minimum absolute atomic E-state index is 0.316. The molecule has 0 unspecified atom stereocenters. The molecule has 0 heterocycles. The van der Waals surface area contributed by atoms with Crippen molar-refractivity contribution in [2.24, 2.45) is 0 Å². The molecule has 0 radical (unpaired) electrons. The van der Waals surface area contributed by atoms with Gasteiger partial charge in [0.25, 0.3) is 0 Å². The van der Waals surface area contributed by atoms with Crippen molar-refractivity contribution in [3.63, 3.8) is 0 Å². The number of hydrogen-bond donors (Lipinski definition) is 2. The first-order valence-electron chi connectivity index (χ1n) is 6.75. The molecule has 22 heavy (non-hydrogen) atoms. The predicted octanol–water partition coefficient (Wildman–Crippen LogP) is 2.89. The van der Waals surface area contributed by atoms with Crippen molar-refractivity contribution >= 4 is 32.9 Å². The highest BCUT2D eigenvalue weighted by Gasteiger charge is 2.06. The number of hydrogen-bond acceptors (Lipinski definition) is 3. The van der Waals surface area contributed by atoms with E-state index in [1.165, 1.54) is 6.26 Å². The van der Waals surface area contributed by atoms with Gasteiger partial charge in [-0.25, -0.2) is 8.42 Å². The summed E-state index contributed by atoms with van der Waals surface area (Å²) in [6, 6.07) is 14.7. The molecule has 0 aromatic heterocycles. The van der Waals surface area contributed by atoms with Crippen LogP contribution in [0, 0.1) is 6.92 Å². The molecule has 0 fully saturated rings. The van der Waals surface area contributed by atoms with E-state index in [2.05, 4.69) is 10.6 Å². The quantitative estimate of drug-likeness (QED) is 0.842. The third kappa shape index (κ3) is 4.82. The van der Waals surface area contributed by atoms with Crippen LogP contribution in [0.15, 0.2) is 53.4 Å². The second-order valence-corrected chi connectivity index (χ2v) is 7.52. The molecule has 2 aromatic rings. The average molecular weight is 334 g/mol. The highest BCUT2D eigenvalue weighted by Crippen LogP contribution is 2.11. The second kappa shape index (κ2) is 6.89. The Morgan fingerprint density at radius 1 is 1.14 bits per heavy atom. The monoisotopic (exact) mass is 334 g/mol. The Morgan fingerprint density at radius 3 is 2.41 bits per heavy atom. The Balaban J connectivity index is 1.91. The molecule has 0 bridgehead atoms. The Kier molecular flexibility index (Phi) is 5.15. The first kappa shape index (κ1) is 16.5. The highest BCUT2D eigenvalue weighted by atomic mass is 32.2. The van der Waals surface area contributed by atoms with Crippen LogP contribution >= 0.6 is 12.2 Å². The summed E-state index contributed by atoms with van der Waals surface area (Å²) in [6.45, 7) is 2.55. The molecule has 0 atom stereocenters. The Morgan fingerprint density at radius 2 is 1.82 bits per heavy atom. The van der Waals surface area contributed by atoms with Gasteiger partial charge in [-0.1, -0.05) is 24.3 Å². The molecule has 6 heteroatoms. The van der Waals surface area contributed by atoms with Crippen LogP contribution < -0.4 is 10.6 Å². The third-order valence-corrected chi connectivity index (χ3v) is 4.46. The van der Waals surface area contributed by atoms with Gasteiger partial charge in [0.15, 0.2) is 14.9 Å². The first-order chi connectivity index (χ1) is 10.3. The van der Waals surface area contributed by atoms with Gasteiger partial charge in [0.2, 0.25) is 0 Å². The molecule has 2 N–H and O–H groups in total. The lowest BCUT2D eigenvalue weighted by Crippen LogP contribution is -2.27. The Hall–Kier alpha value is -1.92. The number of anilines is 1. The zero-order chi connectivity index (χ0) is 16.2. The van der Waals surface area contributed by atoms with Gasteiger partial charge in [-0.2, -0.15) is 0 Å². The minimum atomic E-state index is -3.15. The first-order valence-corrected chi connectivity index (χ1v) is 9.05. The predicted molar refractivity (Wildman–Crippen MR) is 93.8 cm³/mol. The summed E-state index contributed by atoms with van der Waals surface area (Å²) in [7, 11) is -3.15. The van der Waals surface area contributed by atoms with Gasteiger partial charge in [0.1, 0.15) is 0 Å². The van der Waals surface area contributed by atoms with Crippen molar-refractivity contribution in [2.75, 3.05) is 11.6 Å². The minimum Gasteiger partial charge on any atom is -0.358 e. The van der Waals surface area contributed by atoms with Crippen LogP contribution in [-0.2, 0) is 16.4 Å². The Bertz CT molecular complexity index is 769. The summed E-state index contributed by atoms with van der Waals surface area (Å²) in [4.78, 5) is 0.316. The van der Waals surface area contributed by atoms with Gasteiger partial charge in [-0.15, -0.1) is 0 Å². The Labute approximate surface area is 136 Å². The molecule has 0 amide bonds. The number of thiocarbonyl (C=S) groups is 1. The van der Waals surface area contributed by atoms with Crippen molar-refractivity contribution in [1.82, 2.24) is 5.32 Å². The van der Waals surface area contributed by atoms with Crippen molar-refractivity contribution in [2.45, 2.75) is 18.4 Å². The molecule has 0 aliphatic carbocycles. The topological polar surface area (TPSA) is 58.2 Å². The van der Waals surface area contributed by atoms with E-state index < -0.39 is 9.84 Å². The molecule has 0 spiro atoms. The van der Waals surface area contributed by atoms with E-state index in [1.54, 1.807) is 24.3 Å². The van der Waals surface area contributed by atoms with Gasteiger partial charge >= 0.3 is 0 Å². The van der Waals surface area contributed by atoms with Gasteiger partial charge < -0.3 is 10.6 Å². The number of aryl methyl sites for hydroxylation is 1. The van der Waals surface area contributed by atoms with Crippen LogP contribution in [0.1, 0.15) is 11.1 Å². The summed E-state index contributed by atoms with van der Waals surface area (Å²) >= 11 is 5.25. The van der Waals surface area contributed by atoms with Crippen LogP contribution in [0.2, 0.25) is 0 Å². The number of benzene rings is 2. The molecule has 0 aliphatic heterocycles.